The third-order valence-electron chi connectivity index (χ3n) is 2.75. The van der Waals surface area contributed by atoms with Gasteiger partial charge in [-0.05, 0) is 12.3 Å². The van der Waals surface area contributed by atoms with Crippen molar-refractivity contribution in [3.8, 4) is 0 Å². The zero-order valence-corrected chi connectivity index (χ0v) is 10.8. The van der Waals surface area contributed by atoms with E-state index in [0.29, 0.717) is 11.8 Å². The van der Waals surface area contributed by atoms with Crippen molar-refractivity contribution in [2.45, 2.75) is 13.3 Å². The number of halogens is 1. The standard InChI is InChI=1S/C11H16ClN5/c1-8(3-4-12)5-13-10-9-6-16-17(2)11(9)15-7-14-10/h6-8H,3-5H2,1-2H3,(H,13,14,15). The molecule has 17 heavy (non-hydrogen) atoms. The molecule has 0 aliphatic carbocycles. The Bertz CT molecular complexity index is 496. The number of alkyl halides is 1. The molecule has 2 rings (SSSR count). The van der Waals surface area contributed by atoms with Crippen LogP contribution in [-0.2, 0) is 7.05 Å². The van der Waals surface area contributed by atoms with Crippen LogP contribution in [0.5, 0.6) is 0 Å². The molecule has 0 radical (unpaired) electrons. The molecule has 0 saturated heterocycles. The van der Waals surface area contributed by atoms with Crippen LogP contribution in [0.4, 0.5) is 5.82 Å². The number of aryl methyl sites for hydroxylation is 1. The molecule has 1 unspecified atom stereocenters. The number of nitrogens with zero attached hydrogens (tertiary/aromatic N) is 4. The summed E-state index contributed by atoms with van der Waals surface area (Å²) in [5, 5.41) is 8.45. The maximum Gasteiger partial charge on any atom is 0.163 e. The van der Waals surface area contributed by atoms with Crippen LogP contribution in [0.15, 0.2) is 12.5 Å². The van der Waals surface area contributed by atoms with Gasteiger partial charge < -0.3 is 5.32 Å². The third-order valence-corrected chi connectivity index (χ3v) is 2.97. The van der Waals surface area contributed by atoms with E-state index in [9.17, 15) is 0 Å². The predicted octanol–water partition coefficient (Wildman–Crippen LogP) is 2.04. The van der Waals surface area contributed by atoms with E-state index in [4.69, 9.17) is 11.6 Å². The average molecular weight is 254 g/mol. The van der Waals surface area contributed by atoms with Crippen LogP contribution in [0.1, 0.15) is 13.3 Å². The van der Waals surface area contributed by atoms with Gasteiger partial charge in [-0.25, -0.2) is 9.97 Å². The average Bonchev–Trinajstić information content (AvgIpc) is 2.70. The molecule has 1 N–H and O–H groups in total. The fraction of sp³-hybridized carbons (Fsp3) is 0.545. The summed E-state index contributed by atoms with van der Waals surface area (Å²) < 4.78 is 1.74. The van der Waals surface area contributed by atoms with E-state index in [1.54, 1.807) is 17.2 Å². The van der Waals surface area contributed by atoms with Crippen LogP contribution < -0.4 is 5.32 Å². The highest BCUT2D eigenvalue weighted by Gasteiger charge is 2.08. The quantitative estimate of drug-likeness (QED) is 0.829. The Kier molecular flexibility index (Phi) is 3.78. The maximum atomic E-state index is 5.71. The third kappa shape index (κ3) is 2.66. The molecular weight excluding hydrogens is 238 g/mol. The number of rotatable bonds is 5. The Hall–Kier alpha value is -1.36. The predicted molar refractivity (Wildman–Crippen MR) is 69.3 cm³/mol. The molecule has 0 aliphatic rings. The summed E-state index contributed by atoms with van der Waals surface area (Å²) in [6, 6.07) is 0. The highest BCUT2D eigenvalue weighted by Crippen LogP contribution is 2.18. The van der Waals surface area contributed by atoms with Crippen molar-refractivity contribution < 1.29 is 0 Å². The van der Waals surface area contributed by atoms with E-state index in [1.165, 1.54) is 0 Å². The molecule has 0 aliphatic heterocycles. The lowest BCUT2D eigenvalue weighted by molar-refractivity contribution is 0.596. The van der Waals surface area contributed by atoms with Gasteiger partial charge in [0.05, 0.1) is 11.6 Å². The second-order valence-electron chi connectivity index (χ2n) is 4.19. The summed E-state index contributed by atoms with van der Waals surface area (Å²) in [4.78, 5) is 8.44. The molecule has 2 aromatic rings. The summed E-state index contributed by atoms with van der Waals surface area (Å²) in [5.41, 5.74) is 0.840. The topological polar surface area (TPSA) is 55.6 Å². The number of nitrogens with one attached hydrogen (secondary N) is 1. The fourth-order valence-corrected chi connectivity index (χ4v) is 2.03. The van der Waals surface area contributed by atoms with Gasteiger partial charge in [-0.1, -0.05) is 6.92 Å². The van der Waals surface area contributed by atoms with Crippen molar-refractivity contribution in [1.82, 2.24) is 19.7 Å². The van der Waals surface area contributed by atoms with Gasteiger partial charge in [0.15, 0.2) is 5.65 Å². The molecule has 0 bridgehead atoms. The van der Waals surface area contributed by atoms with Crippen LogP contribution >= 0.6 is 11.6 Å². The summed E-state index contributed by atoms with van der Waals surface area (Å²) in [6.07, 6.45) is 4.33. The normalized spacial score (nSPS) is 12.9. The minimum Gasteiger partial charge on any atom is -0.369 e. The molecule has 0 amide bonds. The molecule has 92 valence electrons. The number of fused-ring (bicyclic) bond motifs is 1. The SMILES string of the molecule is CC(CCCl)CNc1ncnc2c1cnn2C. The number of hydrogen-bond donors (Lipinski definition) is 1. The van der Waals surface area contributed by atoms with Gasteiger partial charge in [0, 0.05) is 19.5 Å². The minimum absolute atomic E-state index is 0.522. The van der Waals surface area contributed by atoms with E-state index >= 15 is 0 Å². The van der Waals surface area contributed by atoms with E-state index in [-0.39, 0.29) is 0 Å². The van der Waals surface area contributed by atoms with Crippen molar-refractivity contribution in [3.63, 3.8) is 0 Å². The molecular formula is C11H16ClN5. The van der Waals surface area contributed by atoms with Crippen LogP contribution in [0.25, 0.3) is 11.0 Å². The first-order valence-electron chi connectivity index (χ1n) is 5.65. The van der Waals surface area contributed by atoms with Crippen LogP contribution in [0, 0.1) is 5.92 Å². The smallest absolute Gasteiger partial charge is 0.163 e. The van der Waals surface area contributed by atoms with Gasteiger partial charge >= 0.3 is 0 Å². The lowest BCUT2D eigenvalue weighted by Gasteiger charge is -2.11. The molecule has 0 saturated carbocycles. The highest BCUT2D eigenvalue weighted by atomic mass is 35.5. The molecule has 6 heteroatoms. The van der Waals surface area contributed by atoms with E-state index in [2.05, 4.69) is 27.3 Å². The lowest BCUT2D eigenvalue weighted by Crippen LogP contribution is -2.12. The largest absolute Gasteiger partial charge is 0.369 e. The number of aromatic nitrogens is 4. The summed E-state index contributed by atoms with van der Waals surface area (Å²) in [6.45, 7) is 3.02. The first-order valence-corrected chi connectivity index (χ1v) is 6.18. The number of anilines is 1. The maximum absolute atomic E-state index is 5.71. The Balaban J connectivity index is 2.13. The van der Waals surface area contributed by atoms with Gasteiger partial charge in [-0.3, -0.25) is 4.68 Å². The highest BCUT2D eigenvalue weighted by molar-refractivity contribution is 6.17. The van der Waals surface area contributed by atoms with Gasteiger partial charge in [0.1, 0.15) is 12.1 Å². The van der Waals surface area contributed by atoms with E-state index in [1.807, 2.05) is 7.05 Å². The van der Waals surface area contributed by atoms with Crippen molar-refractivity contribution in [2.75, 3.05) is 17.7 Å². The Morgan fingerprint density at radius 2 is 2.29 bits per heavy atom. The van der Waals surface area contributed by atoms with E-state index < -0.39 is 0 Å². The van der Waals surface area contributed by atoms with Crippen LogP contribution in [0.3, 0.4) is 0 Å². The zero-order valence-electron chi connectivity index (χ0n) is 10.0. The molecule has 0 aromatic carbocycles. The molecule has 0 fully saturated rings. The molecule has 2 aromatic heterocycles. The molecule has 5 nitrogen and oxygen atoms in total. The van der Waals surface area contributed by atoms with Gasteiger partial charge in [-0.15, -0.1) is 11.6 Å². The van der Waals surface area contributed by atoms with Gasteiger partial charge in [0.25, 0.3) is 0 Å². The van der Waals surface area contributed by atoms with Crippen LogP contribution in [0.2, 0.25) is 0 Å². The fourth-order valence-electron chi connectivity index (χ4n) is 1.66. The Morgan fingerprint density at radius 3 is 3.06 bits per heavy atom. The van der Waals surface area contributed by atoms with Crippen molar-refractivity contribution in [2.24, 2.45) is 13.0 Å². The van der Waals surface area contributed by atoms with Gasteiger partial charge in [0.2, 0.25) is 0 Å². The Labute approximate surface area is 105 Å². The zero-order chi connectivity index (χ0) is 12.3. The Morgan fingerprint density at radius 1 is 1.47 bits per heavy atom. The summed E-state index contributed by atoms with van der Waals surface area (Å²) >= 11 is 5.71. The molecule has 2 heterocycles. The van der Waals surface area contributed by atoms with Gasteiger partial charge in [-0.2, -0.15) is 5.10 Å². The molecule has 1 atom stereocenters. The lowest BCUT2D eigenvalue weighted by atomic mass is 10.1. The first kappa shape index (κ1) is 12.1. The first-order chi connectivity index (χ1) is 8.22. The summed E-state index contributed by atoms with van der Waals surface area (Å²) in [7, 11) is 1.87. The molecule has 0 spiro atoms. The van der Waals surface area contributed by atoms with Crippen molar-refractivity contribution in [1.29, 1.82) is 0 Å². The summed E-state index contributed by atoms with van der Waals surface area (Å²) in [5.74, 6) is 2.05. The van der Waals surface area contributed by atoms with E-state index in [0.717, 1.165) is 29.8 Å². The number of hydrogen-bond acceptors (Lipinski definition) is 4. The second kappa shape index (κ2) is 5.31. The second-order valence-corrected chi connectivity index (χ2v) is 4.57. The minimum atomic E-state index is 0.522. The monoisotopic (exact) mass is 253 g/mol. The van der Waals surface area contributed by atoms with Crippen molar-refractivity contribution >= 4 is 28.5 Å². The van der Waals surface area contributed by atoms with Crippen molar-refractivity contribution in [3.05, 3.63) is 12.5 Å². The van der Waals surface area contributed by atoms with Crippen LogP contribution in [-0.4, -0.2) is 32.2 Å².